The second-order valence-corrected chi connectivity index (χ2v) is 4.61. The molecule has 2 aromatic rings. The van der Waals surface area contributed by atoms with Crippen LogP contribution in [0.2, 0.25) is 0 Å². The summed E-state index contributed by atoms with van der Waals surface area (Å²) in [5.74, 6) is 0. The van der Waals surface area contributed by atoms with Crippen molar-refractivity contribution in [1.82, 2.24) is 0 Å². The van der Waals surface area contributed by atoms with Crippen molar-refractivity contribution in [2.45, 2.75) is 12.8 Å². The lowest BCUT2D eigenvalue weighted by Gasteiger charge is -2.05. The number of hydrogen-bond acceptors (Lipinski definition) is 1. The second-order valence-electron chi connectivity index (χ2n) is 3.45. The van der Waals surface area contributed by atoms with Gasteiger partial charge in [0.2, 0.25) is 0 Å². The smallest absolute Gasteiger partial charge is 0.0625 e. The van der Waals surface area contributed by atoms with Crippen LogP contribution in [0.1, 0.15) is 12.0 Å². The van der Waals surface area contributed by atoms with Gasteiger partial charge in [0.15, 0.2) is 0 Å². The number of halogens is 1. The lowest BCUT2D eigenvalue weighted by atomic mass is 10.0. The van der Waals surface area contributed by atoms with Crippen LogP contribution < -0.4 is 0 Å². The summed E-state index contributed by atoms with van der Waals surface area (Å²) in [5.41, 5.74) is 1.27. The van der Waals surface area contributed by atoms with Crippen LogP contribution in [0.5, 0.6) is 0 Å². The van der Waals surface area contributed by atoms with E-state index in [4.69, 9.17) is 5.26 Å². The van der Waals surface area contributed by atoms with E-state index in [1.165, 1.54) is 19.9 Å². The summed E-state index contributed by atoms with van der Waals surface area (Å²) in [6.45, 7) is 0. The molecule has 0 unspecified atom stereocenters. The van der Waals surface area contributed by atoms with Crippen molar-refractivity contribution in [1.29, 1.82) is 5.26 Å². The third-order valence-electron chi connectivity index (χ3n) is 2.42. The van der Waals surface area contributed by atoms with Gasteiger partial charge < -0.3 is 0 Å². The van der Waals surface area contributed by atoms with Gasteiger partial charge in [-0.2, -0.15) is 5.26 Å². The minimum Gasteiger partial charge on any atom is -0.198 e. The summed E-state index contributed by atoms with van der Waals surface area (Å²) in [7, 11) is 0. The number of hydrogen-bond donors (Lipinski definition) is 0. The van der Waals surface area contributed by atoms with Crippen molar-refractivity contribution >= 4 is 33.4 Å². The third-order valence-corrected chi connectivity index (χ3v) is 3.43. The molecule has 2 aromatic carbocycles. The lowest BCUT2D eigenvalue weighted by molar-refractivity contribution is 1.01. The van der Waals surface area contributed by atoms with E-state index in [1.807, 2.05) is 12.1 Å². The van der Waals surface area contributed by atoms with Gasteiger partial charge in [0.05, 0.1) is 6.07 Å². The Morgan fingerprint density at radius 1 is 1.13 bits per heavy atom. The molecule has 0 N–H and O–H groups in total. The van der Waals surface area contributed by atoms with Crippen LogP contribution in [-0.2, 0) is 6.42 Å². The van der Waals surface area contributed by atoms with Crippen molar-refractivity contribution in [3.63, 3.8) is 0 Å². The maximum absolute atomic E-state index is 8.58. The van der Waals surface area contributed by atoms with Gasteiger partial charge in [0.25, 0.3) is 0 Å². The van der Waals surface area contributed by atoms with Crippen LogP contribution in [0.15, 0.2) is 36.4 Å². The SMILES string of the molecule is N#CCCc1cc2ccccc2cc1I. The molecule has 0 aliphatic rings. The van der Waals surface area contributed by atoms with Crippen LogP contribution in [0.4, 0.5) is 0 Å². The minimum absolute atomic E-state index is 0.592. The number of fused-ring (bicyclic) bond motifs is 1. The summed E-state index contributed by atoms with van der Waals surface area (Å²) in [5, 5.41) is 11.1. The number of rotatable bonds is 2. The molecule has 74 valence electrons. The van der Waals surface area contributed by atoms with Crippen molar-refractivity contribution in [2.75, 3.05) is 0 Å². The molecule has 2 heteroatoms. The van der Waals surface area contributed by atoms with Gasteiger partial charge in [-0.3, -0.25) is 0 Å². The van der Waals surface area contributed by atoms with E-state index >= 15 is 0 Å². The molecule has 0 aromatic heterocycles. The molecule has 2 rings (SSSR count). The highest BCUT2D eigenvalue weighted by atomic mass is 127. The Labute approximate surface area is 103 Å². The zero-order chi connectivity index (χ0) is 10.7. The van der Waals surface area contributed by atoms with Gasteiger partial charge >= 0.3 is 0 Å². The predicted octanol–water partition coefficient (Wildman–Crippen LogP) is 3.90. The molecule has 0 radical (unpaired) electrons. The lowest BCUT2D eigenvalue weighted by Crippen LogP contribution is -1.89. The standard InChI is InChI=1S/C13H10IN/c14-13-9-11-5-2-1-4-10(11)8-12(13)6-3-7-15/h1-2,4-5,8-9H,3,6H2. The fourth-order valence-corrected chi connectivity index (χ4v) is 2.40. The maximum Gasteiger partial charge on any atom is 0.0625 e. The van der Waals surface area contributed by atoms with E-state index in [0.717, 1.165) is 6.42 Å². The van der Waals surface area contributed by atoms with E-state index in [1.54, 1.807) is 0 Å². The van der Waals surface area contributed by atoms with E-state index in [9.17, 15) is 0 Å². The van der Waals surface area contributed by atoms with Gasteiger partial charge in [0.1, 0.15) is 0 Å². The Kier molecular flexibility index (Phi) is 3.22. The topological polar surface area (TPSA) is 23.8 Å². The van der Waals surface area contributed by atoms with Gasteiger partial charge in [0, 0.05) is 9.99 Å². The molecule has 0 spiro atoms. The van der Waals surface area contributed by atoms with Gasteiger partial charge in [-0.15, -0.1) is 0 Å². The predicted molar refractivity (Wildman–Crippen MR) is 70.6 cm³/mol. The summed E-state index contributed by atoms with van der Waals surface area (Å²) >= 11 is 2.34. The van der Waals surface area contributed by atoms with Gasteiger partial charge in [-0.1, -0.05) is 30.3 Å². The minimum atomic E-state index is 0.592. The molecule has 1 nitrogen and oxygen atoms in total. The molecule has 0 aliphatic heterocycles. The Morgan fingerprint density at radius 2 is 1.80 bits per heavy atom. The molecule has 15 heavy (non-hydrogen) atoms. The number of nitrogens with zero attached hydrogens (tertiary/aromatic N) is 1. The summed E-state index contributed by atoms with van der Waals surface area (Å²) in [6, 6.07) is 14.9. The number of aryl methyl sites for hydroxylation is 1. The fourth-order valence-electron chi connectivity index (χ4n) is 1.64. The van der Waals surface area contributed by atoms with Crippen molar-refractivity contribution in [2.24, 2.45) is 0 Å². The first kappa shape index (κ1) is 10.4. The largest absolute Gasteiger partial charge is 0.198 e. The van der Waals surface area contributed by atoms with E-state index in [-0.39, 0.29) is 0 Å². The second kappa shape index (κ2) is 4.63. The average Bonchev–Trinajstić information content (AvgIpc) is 2.26. The van der Waals surface area contributed by atoms with E-state index in [2.05, 4.69) is 52.9 Å². The monoisotopic (exact) mass is 307 g/mol. The molecule has 0 bridgehead atoms. The molecule has 0 fully saturated rings. The van der Waals surface area contributed by atoms with Crippen LogP contribution >= 0.6 is 22.6 Å². The summed E-state index contributed by atoms with van der Waals surface area (Å²) < 4.78 is 1.25. The Morgan fingerprint density at radius 3 is 2.47 bits per heavy atom. The Balaban J connectivity index is 2.48. The Hall–Kier alpha value is -1.08. The van der Waals surface area contributed by atoms with Gasteiger partial charge in [-0.25, -0.2) is 0 Å². The number of benzene rings is 2. The first-order chi connectivity index (χ1) is 7.31. The molecule has 0 amide bonds. The quantitative estimate of drug-likeness (QED) is 0.772. The summed E-state index contributed by atoms with van der Waals surface area (Å²) in [4.78, 5) is 0. The maximum atomic E-state index is 8.58. The zero-order valence-electron chi connectivity index (χ0n) is 8.20. The molecule has 0 saturated heterocycles. The zero-order valence-corrected chi connectivity index (χ0v) is 10.4. The van der Waals surface area contributed by atoms with Gasteiger partial charge in [-0.05, 0) is 51.4 Å². The highest BCUT2D eigenvalue weighted by Crippen LogP contribution is 2.22. The van der Waals surface area contributed by atoms with Crippen molar-refractivity contribution < 1.29 is 0 Å². The van der Waals surface area contributed by atoms with E-state index < -0.39 is 0 Å². The highest BCUT2D eigenvalue weighted by Gasteiger charge is 2.01. The normalized spacial score (nSPS) is 10.1. The number of nitriles is 1. The first-order valence-corrected chi connectivity index (χ1v) is 5.93. The average molecular weight is 307 g/mol. The van der Waals surface area contributed by atoms with Crippen LogP contribution in [0.25, 0.3) is 10.8 Å². The third kappa shape index (κ3) is 2.29. The Bertz CT molecular complexity index is 526. The molecule has 0 aliphatic carbocycles. The summed E-state index contributed by atoms with van der Waals surface area (Å²) in [6.07, 6.45) is 1.44. The van der Waals surface area contributed by atoms with Crippen LogP contribution in [0, 0.1) is 14.9 Å². The molecule has 0 saturated carbocycles. The van der Waals surface area contributed by atoms with Crippen LogP contribution in [-0.4, -0.2) is 0 Å². The van der Waals surface area contributed by atoms with Crippen LogP contribution in [0.3, 0.4) is 0 Å². The molecule has 0 atom stereocenters. The molecule has 0 heterocycles. The van der Waals surface area contributed by atoms with Crippen molar-refractivity contribution in [3.05, 3.63) is 45.5 Å². The van der Waals surface area contributed by atoms with Crippen molar-refractivity contribution in [3.8, 4) is 6.07 Å². The fraction of sp³-hybridized carbons (Fsp3) is 0.154. The molecular formula is C13H10IN. The highest BCUT2D eigenvalue weighted by molar-refractivity contribution is 14.1. The first-order valence-electron chi connectivity index (χ1n) is 4.85. The molecular weight excluding hydrogens is 297 g/mol. The van der Waals surface area contributed by atoms with E-state index in [0.29, 0.717) is 6.42 Å².